The smallest absolute Gasteiger partial charge is 0.332 e. The summed E-state index contributed by atoms with van der Waals surface area (Å²) in [4.78, 5) is 21.4. The van der Waals surface area contributed by atoms with Crippen molar-refractivity contribution < 1.29 is 57.3 Å². The lowest BCUT2D eigenvalue weighted by atomic mass is 10.2. The van der Waals surface area contributed by atoms with Crippen molar-refractivity contribution in [2.24, 2.45) is 0 Å². The molecule has 0 bridgehead atoms. The van der Waals surface area contributed by atoms with Crippen LogP contribution < -0.4 is 0 Å². The summed E-state index contributed by atoms with van der Waals surface area (Å²) >= 11 is 0. The second kappa shape index (κ2) is 30.2. The summed E-state index contributed by atoms with van der Waals surface area (Å²) < 4.78 is 46.5. The largest absolute Gasteiger partial charge is 0.480 e. The van der Waals surface area contributed by atoms with Gasteiger partial charge in [0.05, 0.1) is 79.3 Å². The standard InChI is InChI=1S/C15H30O6.C11H22O6/c1-5-6-17-7-8-18-9-10-19-11-12-20-13-14(16)21-15(2,3)4;1-2-3-14-4-5-15-6-7-16-8-9-17-10-11(12)13/h5-13H2,1-4H3;2-10H2,1H3,(H,12,13). The molecule has 0 atom stereocenters. The summed E-state index contributed by atoms with van der Waals surface area (Å²) in [5.41, 5.74) is -0.477. The summed E-state index contributed by atoms with van der Waals surface area (Å²) in [5.74, 6) is -1.33. The van der Waals surface area contributed by atoms with Gasteiger partial charge in [-0.3, -0.25) is 0 Å². The van der Waals surface area contributed by atoms with Gasteiger partial charge in [0.15, 0.2) is 0 Å². The Morgan fingerprint density at radius 1 is 0.500 bits per heavy atom. The van der Waals surface area contributed by atoms with Crippen molar-refractivity contribution in [3.63, 3.8) is 0 Å². The lowest BCUT2D eigenvalue weighted by molar-refractivity contribution is -0.160. The van der Waals surface area contributed by atoms with Crippen molar-refractivity contribution in [3.05, 3.63) is 0 Å². The lowest BCUT2D eigenvalue weighted by Gasteiger charge is -2.19. The third-order valence-corrected chi connectivity index (χ3v) is 3.79. The Balaban J connectivity index is 0. The molecular formula is C26H52O12. The first kappa shape index (κ1) is 38.8. The molecule has 0 saturated heterocycles. The molecule has 0 aliphatic heterocycles. The molecule has 0 aromatic carbocycles. The fourth-order valence-electron chi connectivity index (χ4n) is 2.29. The monoisotopic (exact) mass is 556 g/mol. The minimum atomic E-state index is -0.972. The third kappa shape index (κ3) is 39.1. The number of esters is 1. The van der Waals surface area contributed by atoms with Crippen LogP contribution in [-0.4, -0.2) is 128 Å². The van der Waals surface area contributed by atoms with E-state index in [4.69, 9.17) is 47.7 Å². The number of rotatable bonds is 26. The van der Waals surface area contributed by atoms with Gasteiger partial charge in [0.1, 0.15) is 18.8 Å². The van der Waals surface area contributed by atoms with E-state index in [2.05, 4.69) is 13.8 Å². The highest BCUT2D eigenvalue weighted by Crippen LogP contribution is 2.06. The Morgan fingerprint density at radius 3 is 1.08 bits per heavy atom. The number of carboxylic acid groups (broad SMARTS) is 1. The number of hydrogen-bond acceptors (Lipinski definition) is 11. The van der Waals surface area contributed by atoms with Crippen molar-refractivity contribution in [1.82, 2.24) is 0 Å². The minimum absolute atomic E-state index is 0.0497. The summed E-state index contributed by atoms with van der Waals surface area (Å²) in [6.07, 6.45) is 2.03. The molecule has 0 radical (unpaired) electrons. The average Bonchev–Trinajstić information content (AvgIpc) is 2.84. The Bertz CT molecular complexity index is 511. The van der Waals surface area contributed by atoms with Gasteiger partial charge in [0.2, 0.25) is 0 Å². The van der Waals surface area contributed by atoms with Crippen LogP contribution in [0.5, 0.6) is 0 Å². The number of aliphatic carboxylic acids is 1. The Labute approximate surface area is 228 Å². The fourth-order valence-corrected chi connectivity index (χ4v) is 2.29. The van der Waals surface area contributed by atoms with Gasteiger partial charge in [-0.1, -0.05) is 13.8 Å². The van der Waals surface area contributed by atoms with E-state index in [0.717, 1.165) is 26.1 Å². The fraction of sp³-hybridized carbons (Fsp3) is 0.923. The zero-order valence-electron chi connectivity index (χ0n) is 24.2. The van der Waals surface area contributed by atoms with E-state index in [-0.39, 0.29) is 25.8 Å². The molecule has 0 amide bonds. The first-order valence-electron chi connectivity index (χ1n) is 13.3. The molecule has 0 saturated carbocycles. The third-order valence-electron chi connectivity index (χ3n) is 3.79. The molecule has 12 heteroatoms. The van der Waals surface area contributed by atoms with Crippen LogP contribution in [0.25, 0.3) is 0 Å². The molecule has 228 valence electrons. The van der Waals surface area contributed by atoms with E-state index < -0.39 is 11.6 Å². The van der Waals surface area contributed by atoms with E-state index in [1.165, 1.54) is 0 Å². The summed E-state index contributed by atoms with van der Waals surface area (Å²) in [6.45, 7) is 16.6. The molecule has 0 rings (SSSR count). The van der Waals surface area contributed by atoms with Crippen LogP contribution in [0.15, 0.2) is 0 Å². The number of ether oxygens (including phenoxy) is 9. The van der Waals surface area contributed by atoms with E-state index >= 15 is 0 Å². The predicted octanol–water partition coefficient (Wildman–Crippen LogP) is 2.35. The molecule has 1 N–H and O–H groups in total. The zero-order chi connectivity index (χ0) is 28.7. The number of carbonyl (C=O) groups is 2. The van der Waals surface area contributed by atoms with E-state index in [9.17, 15) is 9.59 Å². The molecule has 0 fully saturated rings. The summed E-state index contributed by atoms with van der Waals surface area (Å²) in [6, 6.07) is 0. The molecule has 0 aliphatic carbocycles. The maximum absolute atomic E-state index is 11.3. The number of hydrogen-bond donors (Lipinski definition) is 1. The van der Waals surface area contributed by atoms with Gasteiger partial charge in [-0.05, 0) is 33.6 Å². The zero-order valence-corrected chi connectivity index (χ0v) is 24.2. The van der Waals surface area contributed by atoms with Gasteiger partial charge in [0.25, 0.3) is 0 Å². The van der Waals surface area contributed by atoms with Crippen LogP contribution in [0, 0.1) is 0 Å². The summed E-state index contributed by atoms with van der Waals surface area (Å²) in [5, 5.41) is 8.28. The highest BCUT2D eigenvalue weighted by atomic mass is 16.6. The van der Waals surface area contributed by atoms with Gasteiger partial charge in [0, 0.05) is 13.2 Å². The van der Waals surface area contributed by atoms with Gasteiger partial charge in [-0.15, -0.1) is 0 Å². The maximum Gasteiger partial charge on any atom is 0.332 e. The Hall–Kier alpha value is -1.38. The second-order valence-electron chi connectivity index (χ2n) is 8.76. The minimum Gasteiger partial charge on any atom is -0.480 e. The molecule has 0 heterocycles. The quantitative estimate of drug-likeness (QED) is 0.124. The van der Waals surface area contributed by atoms with Crippen LogP contribution in [0.4, 0.5) is 0 Å². The second-order valence-corrected chi connectivity index (χ2v) is 8.76. The predicted molar refractivity (Wildman–Crippen MR) is 141 cm³/mol. The molecule has 38 heavy (non-hydrogen) atoms. The first-order valence-corrected chi connectivity index (χ1v) is 13.3. The van der Waals surface area contributed by atoms with Gasteiger partial charge < -0.3 is 47.7 Å². The molecule has 12 nitrogen and oxygen atoms in total. The van der Waals surface area contributed by atoms with Crippen LogP contribution in [-0.2, 0) is 52.2 Å². The first-order chi connectivity index (χ1) is 18.2. The van der Waals surface area contributed by atoms with Crippen LogP contribution in [0.1, 0.15) is 47.5 Å². The van der Waals surface area contributed by atoms with E-state index in [1.54, 1.807) is 0 Å². The number of carbonyl (C=O) groups excluding carboxylic acids is 1. The highest BCUT2D eigenvalue weighted by molar-refractivity contribution is 5.71. The van der Waals surface area contributed by atoms with Crippen molar-refractivity contribution in [3.8, 4) is 0 Å². The van der Waals surface area contributed by atoms with Crippen LogP contribution in [0.3, 0.4) is 0 Å². The molecule has 0 aromatic heterocycles. The number of carboxylic acids is 1. The van der Waals surface area contributed by atoms with Gasteiger partial charge >= 0.3 is 11.9 Å². The molecule has 0 unspecified atom stereocenters. The van der Waals surface area contributed by atoms with Gasteiger partial charge in [-0.25, -0.2) is 9.59 Å². The van der Waals surface area contributed by atoms with Crippen LogP contribution >= 0.6 is 0 Å². The van der Waals surface area contributed by atoms with Crippen molar-refractivity contribution in [2.45, 2.75) is 53.1 Å². The van der Waals surface area contributed by atoms with Crippen LogP contribution in [0.2, 0.25) is 0 Å². The molecule has 0 spiro atoms. The van der Waals surface area contributed by atoms with Crippen molar-refractivity contribution >= 4 is 11.9 Å². The summed E-state index contributed by atoms with van der Waals surface area (Å²) in [7, 11) is 0. The lowest BCUT2D eigenvalue weighted by Crippen LogP contribution is -2.27. The van der Waals surface area contributed by atoms with Crippen molar-refractivity contribution in [2.75, 3.05) is 106 Å². The Kier molecular flexibility index (Phi) is 30.8. The van der Waals surface area contributed by atoms with E-state index in [1.807, 2.05) is 20.8 Å². The normalized spacial score (nSPS) is 11.2. The molecule has 0 aliphatic rings. The molecule has 0 aromatic rings. The van der Waals surface area contributed by atoms with Crippen molar-refractivity contribution in [1.29, 1.82) is 0 Å². The SMILES string of the molecule is CCCOCCOCCOCCOCC(=O)O.CCCOCCOCCOCCOCC(=O)OC(C)(C)C. The topological polar surface area (TPSA) is 137 Å². The molecular weight excluding hydrogens is 504 g/mol. The maximum atomic E-state index is 11.3. The highest BCUT2D eigenvalue weighted by Gasteiger charge is 2.15. The Morgan fingerprint density at radius 2 is 0.789 bits per heavy atom. The van der Waals surface area contributed by atoms with Gasteiger partial charge in [-0.2, -0.15) is 0 Å². The average molecular weight is 557 g/mol. The van der Waals surface area contributed by atoms with E-state index in [0.29, 0.717) is 72.7 Å².